The molecule has 0 fully saturated rings. The second-order valence-electron chi connectivity index (χ2n) is 5.42. The summed E-state index contributed by atoms with van der Waals surface area (Å²) in [5.41, 5.74) is 3.93. The van der Waals surface area contributed by atoms with E-state index >= 15 is 0 Å². The third kappa shape index (κ3) is 2.59. The molecule has 2 aromatic carbocycles. The van der Waals surface area contributed by atoms with Gasteiger partial charge in [-0.1, -0.05) is 42.5 Å². The summed E-state index contributed by atoms with van der Waals surface area (Å²) in [6.07, 6.45) is 1.60. The van der Waals surface area contributed by atoms with Crippen LogP contribution in [0.25, 0.3) is 32.4 Å². The highest BCUT2D eigenvalue weighted by Crippen LogP contribution is 2.40. The van der Waals surface area contributed by atoms with Crippen LogP contribution in [0.1, 0.15) is 0 Å². The molecular weight excluding hydrogens is 350 g/mol. The number of hydrogen-bond acceptors (Lipinski definition) is 6. The number of fused-ring (bicyclic) bond motifs is 2. The van der Waals surface area contributed by atoms with Gasteiger partial charge in [-0.25, -0.2) is 15.0 Å². The van der Waals surface area contributed by atoms with Crippen LogP contribution >= 0.6 is 23.1 Å². The van der Waals surface area contributed by atoms with Crippen LogP contribution < -0.4 is 0 Å². The monoisotopic (exact) mass is 361 g/mol. The van der Waals surface area contributed by atoms with Gasteiger partial charge in [0.05, 0.1) is 5.39 Å². The molecule has 4 nitrogen and oxygen atoms in total. The largest absolute Gasteiger partial charge is 0.431 e. The molecule has 3 aromatic heterocycles. The maximum absolute atomic E-state index is 5.84. The molecule has 0 unspecified atom stereocenters. The Balaban J connectivity index is 1.64. The molecule has 0 radical (unpaired) electrons. The van der Waals surface area contributed by atoms with Crippen LogP contribution in [0.4, 0.5) is 0 Å². The van der Waals surface area contributed by atoms with Gasteiger partial charge in [0.1, 0.15) is 21.7 Å². The molecule has 25 heavy (non-hydrogen) atoms. The first-order chi connectivity index (χ1) is 12.4. The minimum atomic E-state index is 0.589. The van der Waals surface area contributed by atoms with Crippen LogP contribution in [0, 0.1) is 0 Å². The number of para-hydroxylation sites is 2. The standard InChI is InChI=1S/C19H11N3OS2/c1-2-6-12(7-3-1)13-10-24-17-16(13)18(21-11-20-17)25-19-22-14-8-4-5-9-15(14)23-19/h1-11H. The molecule has 0 amide bonds. The molecule has 5 rings (SSSR count). The minimum Gasteiger partial charge on any atom is -0.431 e. The highest BCUT2D eigenvalue weighted by molar-refractivity contribution is 7.99. The lowest BCUT2D eigenvalue weighted by Gasteiger charge is -2.03. The smallest absolute Gasteiger partial charge is 0.263 e. The summed E-state index contributed by atoms with van der Waals surface area (Å²) in [7, 11) is 0. The fraction of sp³-hybridized carbons (Fsp3) is 0. The van der Waals surface area contributed by atoms with Crippen LogP contribution in [0.15, 0.2) is 81.0 Å². The Labute approximate surface area is 151 Å². The quantitative estimate of drug-likeness (QED) is 0.389. The number of nitrogens with zero attached hydrogens (tertiary/aromatic N) is 3. The highest BCUT2D eigenvalue weighted by Gasteiger charge is 2.16. The molecule has 3 heterocycles. The van der Waals surface area contributed by atoms with Gasteiger partial charge in [0, 0.05) is 10.9 Å². The average Bonchev–Trinajstić information content (AvgIpc) is 3.26. The number of thiophene rings is 1. The number of aromatic nitrogens is 3. The van der Waals surface area contributed by atoms with Crippen molar-refractivity contribution in [2.24, 2.45) is 0 Å². The van der Waals surface area contributed by atoms with E-state index in [9.17, 15) is 0 Å². The van der Waals surface area contributed by atoms with E-state index < -0.39 is 0 Å². The van der Waals surface area contributed by atoms with Crippen molar-refractivity contribution in [3.05, 3.63) is 66.3 Å². The molecule has 0 N–H and O–H groups in total. The van der Waals surface area contributed by atoms with Crippen molar-refractivity contribution in [1.29, 1.82) is 0 Å². The van der Waals surface area contributed by atoms with Crippen LogP contribution in [0.2, 0.25) is 0 Å². The normalized spacial score (nSPS) is 11.4. The lowest BCUT2D eigenvalue weighted by molar-refractivity contribution is 0.489. The maximum Gasteiger partial charge on any atom is 0.263 e. The van der Waals surface area contributed by atoms with Gasteiger partial charge in [-0.3, -0.25) is 0 Å². The summed E-state index contributed by atoms with van der Waals surface area (Å²) in [6, 6.07) is 18.0. The molecule has 0 aliphatic heterocycles. The summed E-state index contributed by atoms with van der Waals surface area (Å²) < 4.78 is 5.84. The molecule has 5 aromatic rings. The van der Waals surface area contributed by atoms with Crippen LogP contribution in [0.5, 0.6) is 0 Å². The van der Waals surface area contributed by atoms with E-state index in [-0.39, 0.29) is 0 Å². The number of rotatable bonds is 3. The van der Waals surface area contributed by atoms with E-state index in [1.807, 2.05) is 42.5 Å². The van der Waals surface area contributed by atoms with Crippen molar-refractivity contribution in [2.45, 2.75) is 10.2 Å². The van der Waals surface area contributed by atoms with Crippen LogP contribution in [-0.4, -0.2) is 15.0 Å². The Morgan fingerprint density at radius 2 is 1.76 bits per heavy atom. The van der Waals surface area contributed by atoms with Crippen molar-refractivity contribution in [3.63, 3.8) is 0 Å². The predicted octanol–water partition coefficient (Wildman–Crippen LogP) is 5.65. The van der Waals surface area contributed by atoms with E-state index in [4.69, 9.17) is 4.42 Å². The summed E-state index contributed by atoms with van der Waals surface area (Å²) in [4.78, 5) is 14.4. The summed E-state index contributed by atoms with van der Waals surface area (Å²) in [5.74, 6) is 0. The second kappa shape index (κ2) is 5.98. The van der Waals surface area contributed by atoms with Gasteiger partial charge >= 0.3 is 0 Å². The van der Waals surface area contributed by atoms with Gasteiger partial charge in [0.25, 0.3) is 5.22 Å². The molecule has 0 aliphatic rings. The van der Waals surface area contributed by atoms with Gasteiger partial charge in [0.15, 0.2) is 5.58 Å². The maximum atomic E-state index is 5.84. The van der Waals surface area contributed by atoms with E-state index in [2.05, 4.69) is 32.5 Å². The third-order valence-corrected chi connectivity index (χ3v) is 5.62. The molecule has 0 saturated heterocycles. The van der Waals surface area contributed by atoms with Gasteiger partial charge in [-0.05, 0) is 29.5 Å². The fourth-order valence-corrected chi connectivity index (χ4v) is 4.56. The van der Waals surface area contributed by atoms with Crippen LogP contribution in [0.3, 0.4) is 0 Å². The zero-order chi connectivity index (χ0) is 16.6. The fourth-order valence-electron chi connectivity index (χ4n) is 2.73. The van der Waals surface area contributed by atoms with Gasteiger partial charge in [0.2, 0.25) is 0 Å². The second-order valence-corrected chi connectivity index (χ2v) is 7.22. The number of oxazole rings is 1. The predicted molar refractivity (Wildman–Crippen MR) is 101 cm³/mol. The van der Waals surface area contributed by atoms with Gasteiger partial charge in [-0.2, -0.15) is 0 Å². The Morgan fingerprint density at radius 3 is 2.64 bits per heavy atom. The van der Waals surface area contributed by atoms with E-state index in [0.717, 1.165) is 37.5 Å². The summed E-state index contributed by atoms with van der Waals surface area (Å²) >= 11 is 3.06. The average molecular weight is 361 g/mol. The molecular formula is C19H11N3OS2. The third-order valence-electron chi connectivity index (χ3n) is 3.88. The van der Waals surface area contributed by atoms with Gasteiger partial charge < -0.3 is 4.42 Å². The van der Waals surface area contributed by atoms with Crippen molar-refractivity contribution < 1.29 is 4.42 Å². The van der Waals surface area contributed by atoms with E-state index in [0.29, 0.717) is 5.22 Å². The number of hydrogen-bond donors (Lipinski definition) is 0. The van der Waals surface area contributed by atoms with Gasteiger partial charge in [-0.15, -0.1) is 11.3 Å². The Bertz CT molecular complexity index is 1150. The zero-order valence-electron chi connectivity index (χ0n) is 12.9. The molecule has 0 atom stereocenters. The Morgan fingerprint density at radius 1 is 0.920 bits per heavy atom. The highest BCUT2D eigenvalue weighted by atomic mass is 32.2. The first-order valence-electron chi connectivity index (χ1n) is 7.69. The molecule has 0 saturated carbocycles. The lowest BCUT2D eigenvalue weighted by Crippen LogP contribution is -1.85. The Kier molecular flexibility index (Phi) is 3.50. The molecule has 0 bridgehead atoms. The molecule has 6 heteroatoms. The minimum absolute atomic E-state index is 0.589. The number of benzene rings is 2. The van der Waals surface area contributed by atoms with Crippen molar-refractivity contribution in [1.82, 2.24) is 15.0 Å². The summed E-state index contributed by atoms with van der Waals surface area (Å²) in [6.45, 7) is 0. The molecule has 0 aliphatic carbocycles. The Hall–Kier alpha value is -2.70. The topological polar surface area (TPSA) is 51.8 Å². The van der Waals surface area contributed by atoms with Crippen molar-refractivity contribution in [2.75, 3.05) is 0 Å². The van der Waals surface area contributed by atoms with Crippen LogP contribution in [-0.2, 0) is 0 Å². The van der Waals surface area contributed by atoms with E-state index in [1.54, 1.807) is 17.7 Å². The van der Waals surface area contributed by atoms with E-state index in [1.165, 1.54) is 11.8 Å². The van der Waals surface area contributed by atoms with Crippen molar-refractivity contribution >= 4 is 44.4 Å². The first kappa shape index (κ1) is 14.6. The summed E-state index contributed by atoms with van der Waals surface area (Å²) in [5, 5.41) is 4.62. The van der Waals surface area contributed by atoms with Crippen molar-refractivity contribution in [3.8, 4) is 11.1 Å². The molecule has 0 spiro atoms. The SMILES string of the molecule is c1ccc(-c2csc3ncnc(Sc4nc5ccccc5o4)c23)cc1. The lowest BCUT2D eigenvalue weighted by atomic mass is 10.1. The zero-order valence-corrected chi connectivity index (χ0v) is 14.6. The molecule has 120 valence electrons. The first-order valence-corrected chi connectivity index (χ1v) is 9.39.